The standard InChI is InChI=1S/C23H18F3N5/c1-14-11-17(12-20(29-14)18-5-3-4-6-19(18)23(24,25)26)16-7-9-28-22(13-16)31-21-8-10-27-15(2)30-21/h3-13,29H,1H2,2H3,(H,27,28,30,31). The van der Waals surface area contributed by atoms with E-state index in [1.165, 1.54) is 12.1 Å². The van der Waals surface area contributed by atoms with Gasteiger partial charge >= 0.3 is 6.18 Å². The van der Waals surface area contributed by atoms with Gasteiger partial charge in [-0.05, 0) is 54.5 Å². The summed E-state index contributed by atoms with van der Waals surface area (Å²) in [6, 6.07) is 10.8. The molecule has 3 heterocycles. The van der Waals surface area contributed by atoms with Gasteiger partial charge in [-0.1, -0.05) is 24.8 Å². The van der Waals surface area contributed by atoms with E-state index in [9.17, 15) is 13.2 Å². The van der Waals surface area contributed by atoms with E-state index < -0.39 is 11.7 Å². The maximum absolute atomic E-state index is 13.5. The van der Waals surface area contributed by atoms with Crippen molar-refractivity contribution in [2.75, 3.05) is 5.32 Å². The SMILES string of the molecule is C=C1C=C(c2ccnc(Nc3ccnc(C)n3)c2)C=C(c2ccccc2C(F)(F)F)N1. The van der Waals surface area contributed by atoms with Crippen LogP contribution in [0.4, 0.5) is 24.8 Å². The van der Waals surface area contributed by atoms with Crippen LogP contribution in [0.2, 0.25) is 0 Å². The molecule has 2 aromatic heterocycles. The molecule has 0 atom stereocenters. The van der Waals surface area contributed by atoms with Gasteiger partial charge in [0.2, 0.25) is 0 Å². The Morgan fingerprint density at radius 2 is 1.74 bits per heavy atom. The molecule has 31 heavy (non-hydrogen) atoms. The van der Waals surface area contributed by atoms with Crippen molar-refractivity contribution in [1.82, 2.24) is 20.3 Å². The van der Waals surface area contributed by atoms with Gasteiger partial charge in [0.1, 0.15) is 17.5 Å². The van der Waals surface area contributed by atoms with Crippen molar-refractivity contribution < 1.29 is 13.2 Å². The summed E-state index contributed by atoms with van der Waals surface area (Å²) >= 11 is 0. The molecule has 1 aliphatic heterocycles. The number of rotatable bonds is 4. The van der Waals surface area contributed by atoms with Crippen LogP contribution in [0.5, 0.6) is 0 Å². The zero-order valence-corrected chi connectivity index (χ0v) is 16.5. The molecular weight excluding hydrogens is 403 g/mol. The van der Waals surface area contributed by atoms with Gasteiger partial charge in [0.15, 0.2) is 0 Å². The summed E-state index contributed by atoms with van der Waals surface area (Å²) in [5.74, 6) is 1.76. The second-order valence-electron chi connectivity index (χ2n) is 6.90. The number of allylic oxidation sites excluding steroid dienone is 3. The summed E-state index contributed by atoms with van der Waals surface area (Å²) in [5, 5.41) is 6.06. The van der Waals surface area contributed by atoms with Gasteiger partial charge < -0.3 is 10.6 Å². The third kappa shape index (κ3) is 4.63. The zero-order valence-electron chi connectivity index (χ0n) is 16.5. The van der Waals surface area contributed by atoms with Gasteiger partial charge in [0.25, 0.3) is 0 Å². The summed E-state index contributed by atoms with van der Waals surface area (Å²) in [5.41, 5.74) is 1.65. The van der Waals surface area contributed by atoms with E-state index in [1.807, 2.05) is 0 Å². The molecule has 1 aromatic carbocycles. The van der Waals surface area contributed by atoms with E-state index >= 15 is 0 Å². The number of benzene rings is 1. The molecule has 8 heteroatoms. The van der Waals surface area contributed by atoms with Gasteiger partial charge in [-0.2, -0.15) is 13.2 Å². The lowest BCUT2D eigenvalue weighted by Crippen LogP contribution is -2.17. The third-order valence-electron chi connectivity index (χ3n) is 4.57. The maximum Gasteiger partial charge on any atom is 0.417 e. The summed E-state index contributed by atoms with van der Waals surface area (Å²) in [6.07, 6.45) is 2.24. The van der Waals surface area contributed by atoms with Crippen molar-refractivity contribution in [2.45, 2.75) is 13.1 Å². The molecule has 3 aromatic rings. The van der Waals surface area contributed by atoms with E-state index in [1.54, 1.807) is 55.7 Å². The van der Waals surface area contributed by atoms with Gasteiger partial charge in [-0.3, -0.25) is 0 Å². The number of nitrogens with zero attached hydrogens (tertiary/aromatic N) is 3. The summed E-state index contributed by atoms with van der Waals surface area (Å²) in [7, 11) is 0. The molecule has 0 fully saturated rings. The molecule has 0 radical (unpaired) electrons. The Morgan fingerprint density at radius 3 is 2.52 bits per heavy atom. The Morgan fingerprint density at radius 1 is 0.968 bits per heavy atom. The van der Waals surface area contributed by atoms with E-state index in [0.717, 1.165) is 11.6 Å². The Hall–Kier alpha value is -3.94. The highest BCUT2D eigenvalue weighted by Crippen LogP contribution is 2.36. The highest BCUT2D eigenvalue weighted by atomic mass is 19.4. The predicted octanol–water partition coefficient (Wildman–Crippen LogP) is 5.48. The fourth-order valence-corrected chi connectivity index (χ4v) is 3.24. The molecule has 0 saturated carbocycles. The molecule has 2 N–H and O–H groups in total. The van der Waals surface area contributed by atoms with Crippen LogP contribution >= 0.6 is 0 Å². The van der Waals surface area contributed by atoms with E-state index in [4.69, 9.17) is 0 Å². The number of pyridine rings is 1. The minimum absolute atomic E-state index is 0.0608. The summed E-state index contributed by atoms with van der Waals surface area (Å²) in [6.45, 7) is 5.68. The third-order valence-corrected chi connectivity index (χ3v) is 4.57. The topological polar surface area (TPSA) is 62.7 Å². The lowest BCUT2D eigenvalue weighted by Gasteiger charge is -2.21. The fourth-order valence-electron chi connectivity index (χ4n) is 3.24. The lowest BCUT2D eigenvalue weighted by atomic mass is 9.96. The van der Waals surface area contributed by atoms with Crippen molar-refractivity contribution in [3.8, 4) is 0 Å². The van der Waals surface area contributed by atoms with Crippen LogP contribution < -0.4 is 10.6 Å². The van der Waals surface area contributed by atoms with Crippen molar-refractivity contribution >= 4 is 22.9 Å². The first kappa shape index (κ1) is 20.3. The second-order valence-corrected chi connectivity index (χ2v) is 6.90. The average molecular weight is 421 g/mol. The van der Waals surface area contributed by atoms with Crippen LogP contribution in [0, 0.1) is 6.92 Å². The van der Waals surface area contributed by atoms with Gasteiger partial charge in [-0.25, -0.2) is 15.0 Å². The first-order valence-electron chi connectivity index (χ1n) is 9.38. The molecule has 4 rings (SSSR count). The van der Waals surface area contributed by atoms with Crippen LogP contribution in [0.15, 0.2) is 79.3 Å². The number of aromatic nitrogens is 3. The molecule has 156 valence electrons. The molecule has 0 spiro atoms. The normalized spacial score (nSPS) is 13.9. The van der Waals surface area contributed by atoms with Gasteiger partial charge in [0, 0.05) is 29.4 Å². The van der Waals surface area contributed by atoms with E-state index in [2.05, 4.69) is 32.2 Å². The second kappa shape index (κ2) is 8.06. The fraction of sp³-hybridized carbons (Fsp3) is 0.0870. The van der Waals surface area contributed by atoms with E-state index in [0.29, 0.717) is 34.4 Å². The highest BCUT2D eigenvalue weighted by molar-refractivity contribution is 5.88. The number of nitrogens with one attached hydrogen (secondary N) is 2. The number of hydrogen-bond acceptors (Lipinski definition) is 5. The molecule has 5 nitrogen and oxygen atoms in total. The lowest BCUT2D eigenvalue weighted by molar-refractivity contribution is -0.137. The number of aryl methyl sites for hydroxylation is 1. The summed E-state index contributed by atoms with van der Waals surface area (Å²) < 4.78 is 40.5. The molecule has 0 amide bonds. The Balaban J connectivity index is 1.69. The number of anilines is 2. The number of hydrogen-bond donors (Lipinski definition) is 2. The molecule has 0 bridgehead atoms. The number of halogens is 3. The predicted molar refractivity (Wildman–Crippen MR) is 114 cm³/mol. The zero-order chi connectivity index (χ0) is 22.0. The van der Waals surface area contributed by atoms with Crippen LogP contribution in [0.3, 0.4) is 0 Å². The largest absolute Gasteiger partial charge is 0.417 e. The monoisotopic (exact) mass is 421 g/mol. The van der Waals surface area contributed by atoms with E-state index in [-0.39, 0.29) is 5.56 Å². The van der Waals surface area contributed by atoms with Gasteiger partial charge in [-0.15, -0.1) is 0 Å². The number of dihydropyridines is 1. The molecule has 1 aliphatic rings. The molecule has 0 saturated heterocycles. The minimum atomic E-state index is -4.47. The van der Waals surface area contributed by atoms with Crippen LogP contribution in [0.25, 0.3) is 11.3 Å². The maximum atomic E-state index is 13.5. The smallest absolute Gasteiger partial charge is 0.355 e. The first-order chi connectivity index (χ1) is 14.8. The van der Waals surface area contributed by atoms with Crippen LogP contribution in [0.1, 0.15) is 22.5 Å². The van der Waals surface area contributed by atoms with Crippen LogP contribution in [-0.4, -0.2) is 15.0 Å². The molecule has 0 unspecified atom stereocenters. The Bertz CT molecular complexity index is 1210. The van der Waals surface area contributed by atoms with Crippen LogP contribution in [-0.2, 0) is 6.18 Å². The average Bonchev–Trinajstić information content (AvgIpc) is 2.73. The Kier molecular flexibility index (Phi) is 5.29. The molecular formula is C23H18F3N5. The van der Waals surface area contributed by atoms with Gasteiger partial charge in [0.05, 0.1) is 5.56 Å². The van der Waals surface area contributed by atoms with Crippen molar-refractivity contribution in [3.05, 3.63) is 102 Å². The number of alkyl halides is 3. The first-order valence-corrected chi connectivity index (χ1v) is 9.38. The Labute approximate surface area is 177 Å². The highest BCUT2D eigenvalue weighted by Gasteiger charge is 2.34. The molecule has 0 aliphatic carbocycles. The van der Waals surface area contributed by atoms with Crippen molar-refractivity contribution in [2.24, 2.45) is 0 Å². The quantitative estimate of drug-likeness (QED) is 0.584. The van der Waals surface area contributed by atoms with Crippen molar-refractivity contribution in [1.29, 1.82) is 0 Å². The minimum Gasteiger partial charge on any atom is -0.355 e. The van der Waals surface area contributed by atoms with Crippen molar-refractivity contribution in [3.63, 3.8) is 0 Å². The summed E-state index contributed by atoms with van der Waals surface area (Å²) in [4.78, 5) is 12.6.